The van der Waals surface area contributed by atoms with Gasteiger partial charge in [-0.15, -0.1) is 0 Å². The maximum atomic E-state index is 12.7. The third-order valence-electron chi connectivity index (χ3n) is 2.16. The molecule has 0 atom stereocenters. The molecule has 19 heavy (non-hydrogen) atoms. The highest BCUT2D eigenvalue weighted by Gasteiger charge is 2.35. The Morgan fingerprint density at radius 1 is 1.47 bits per heavy atom. The maximum absolute atomic E-state index is 12.7. The van der Waals surface area contributed by atoms with Gasteiger partial charge in [0.2, 0.25) is 0 Å². The van der Waals surface area contributed by atoms with Gasteiger partial charge in [0, 0.05) is 0 Å². The number of halogens is 6. The van der Waals surface area contributed by atoms with Crippen LogP contribution in [0.4, 0.5) is 22.0 Å². The molecule has 1 rings (SSSR count). The van der Waals surface area contributed by atoms with Gasteiger partial charge < -0.3 is 4.74 Å². The molecule has 3 nitrogen and oxygen atoms in total. The van der Waals surface area contributed by atoms with Gasteiger partial charge in [-0.2, -0.15) is 13.2 Å². The van der Waals surface area contributed by atoms with Crippen molar-refractivity contribution in [2.24, 2.45) is 0 Å². The molecule has 9 heteroatoms. The molecule has 0 aliphatic heterocycles. The van der Waals surface area contributed by atoms with Crippen molar-refractivity contribution in [3.8, 4) is 0 Å². The number of esters is 1. The Kier molecular flexibility index (Phi) is 4.83. The van der Waals surface area contributed by atoms with E-state index in [9.17, 15) is 26.7 Å². The number of ether oxygens (including phenoxy) is 1. The van der Waals surface area contributed by atoms with Crippen molar-refractivity contribution in [2.45, 2.75) is 19.0 Å². The van der Waals surface area contributed by atoms with Gasteiger partial charge in [-0.1, -0.05) is 0 Å². The van der Waals surface area contributed by atoms with E-state index in [-0.39, 0.29) is 0 Å². The third-order valence-corrected chi connectivity index (χ3v) is 2.77. The first-order valence-electron chi connectivity index (χ1n) is 4.78. The molecule has 106 valence electrons. The molecule has 0 aromatic carbocycles. The van der Waals surface area contributed by atoms with Gasteiger partial charge in [0.1, 0.15) is 10.3 Å². The topological polar surface area (TPSA) is 39.2 Å². The molecule has 0 fully saturated rings. The van der Waals surface area contributed by atoms with Crippen molar-refractivity contribution in [1.29, 1.82) is 0 Å². The van der Waals surface area contributed by atoms with Crippen LogP contribution in [0.3, 0.4) is 0 Å². The van der Waals surface area contributed by atoms with E-state index in [1.54, 1.807) is 0 Å². The summed E-state index contributed by atoms with van der Waals surface area (Å²) >= 11 is 2.49. The number of rotatable bonds is 3. The fourth-order valence-electron chi connectivity index (χ4n) is 1.30. The molecule has 0 aliphatic rings. The first-order valence-corrected chi connectivity index (χ1v) is 5.57. The Labute approximate surface area is 112 Å². The highest BCUT2D eigenvalue weighted by Crippen LogP contribution is 2.36. The zero-order valence-corrected chi connectivity index (χ0v) is 11.0. The molecule has 1 aromatic rings. The van der Waals surface area contributed by atoms with E-state index in [1.165, 1.54) is 0 Å². The van der Waals surface area contributed by atoms with Gasteiger partial charge >= 0.3 is 12.1 Å². The molecule has 0 saturated carbocycles. The maximum Gasteiger partial charge on any atom is 0.419 e. The first-order chi connectivity index (χ1) is 8.66. The molecule has 1 aromatic heterocycles. The van der Waals surface area contributed by atoms with Crippen LogP contribution in [0.1, 0.15) is 23.2 Å². The van der Waals surface area contributed by atoms with E-state index < -0.39 is 46.4 Å². The zero-order valence-electron chi connectivity index (χ0n) is 9.39. The smallest absolute Gasteiger partial charge is 0.419 e. The van der Waals surface area contributed by atoms with Crippen LogP contribution in [0.2, 0.25) is 0 Å². The van der Waals surface area contributed by atoms with Gasteiger partial charge in [-0.05, 0) is 27.6 Å². The van der Waals surface area contributed by atoms with Gasteiger partial charge in [0.15, 0.2) is 0 Å². The lowest BCUT2D eigenvalue weighted by Crippen LogP contribution is -2.14. The minimum atomic E-state index is -4.77. The Bertz CT molecular complexity index is 490. The predicted octanol–water partition coefficient (Wildman–Crippen LogP) is 3.52. The fraction of sp³-hybridized carbons (Fsp3) is 0.400. The molecule has 1 heterocycles. The van der Waals surface area contributed by atoms with Crippen LogP contribution in [-0.4, -0.2) is 18.1 Å². The summed E-state index contributed by atoms with van der Waals surface area (Å²) in [6, 6.07) is 0.468. The summed E-state index contributed by atoms with van der Waals surface area (Å²) in [5, 5.41) is 0. The number of nitrogens with zero attached hydrogens (tertiary/aromatic N) is 1. The SMILES string of the molecule is COC(=O)Cc1cc(C(F)(F)F)c(Br)nc1C(F)F. The van der Waals surface area contributed by atoms with E-state index in [4.69, 9.17) is 0 Å². The molecule has 0 bridgehead atoms. The Morgan fingerprint density at radius 2 is 2.05 bits per heavy atom. The van der Waals surface area contributed by atoms with Gasteiger partial charge in [-0.3, -0.25) is 4.79 Å². The Hall–Kier alpha value is -1.25. The van der Waals surface area contributed by atoms with Crippen LogP contribution >= 0.6 is 15.9 Å². The summed E-state index contributed by atoms with van der Waals surface area (Å²) in [5.41, 5.74) is -2.63. The standard InChI is InChI=1S/C10H7BrF5NO2/c1-19-6(18)3-4-2-5(10(14,15)16)8(11)17-7(4)9(12)13/h2,9H,3H2,1H3. The van der Waals surface area contributed by atoms with E-state index >= 15 is 0 Å². The van der Waals surface area contributed by atoms with Crippen molar-refractivity contribution in [1.82, 2.24) is 4.98 Å². The molecule has 0 aliphatic carbocycles. The largest absolute Gasteiger partial charge is 0.469 e. The summed E-state index contributed by atoms with van der Waals surface area (Å²) in [6.45, 7) is 0. The summed E-state index contributed by atoms with van der Waals surface area (Å²) in [4.78, 5) is 14.2. The van der Waals surface area contributed by atoms with E-state index in [2.05, 4.69) is 25.7 Å². The Morgan fingerprint density at radius 3 is 2.47 bits per heavy atom. The molecule has 0 spiro atoms. The number of aromatic nitrogens is 1. The molecule has 0 radical (unpaired) electrons. The second-order valence-corrected chi connectivity index (χ2v) is 4.17. The van der Waals surface area contributed by atoms with Crippen LogP contribution in [0.15, 0.2) is 10.7 Å². The summed E-state index contributed by atoms with van der Waals surface area (Å²) in [5.74, 6) is -0.931. The Balaban J connectivity index is 3.35. The average molecular weight is 348 g/mol. The number of hydrogen-bond acceptors (Lipinski definition) is 3. The van der Waals surface area contributed by atoms with Crippen LogP contribution in [0, 0.1) is 0 Å². The number of hydrogen-bond donors (Lipinski definition) is 0. The minimum absolute atomic E-state index is 0.468. The number of alkyl halides is 5. The second kappa shape index (κ2) is 5.81. The molecular formula is C10H7BrF5NO2. The number of carbonyl (C=O) groups excluding carboxylic acids is 1. The summed E-state index contributed by atoms with van der Waals surface area (Å²) in [7, 11) is 1.00. The highest BCUT2D eigenvalue weighted by molar-refractivity contribution is 9.10. The lowest BCUT2D eigenvalue weighted by Gasteiger charge is -2.13. The first kappa shape index (κ1) is 15.8. The highest BCUT2D eigenvalue weighted by atomic mass is 79.9. The van der Waals surface area contributed by atoms with Crippen molar-refractivity contribution < 1.29 is 31.5 Å². The molecule has 0 unspecified atom stereocenters. The second-order valence-electron chi connectivity index (χ2n) is 3.42. The van der Waals surface area contributed by atoms with Gasteiger partial charge in [0.25, 0.3) is 6.43 Å². The van der Waals surface area contributed by atoms with Gasteiger partial charge in [0.05, 0.1) is 19.1 Å². The van der Waals surface area contributed by atoms with E-state index in [0.717, 1.165) is 7.11 Å². The van der Waals surface area contributed by atoms with Crippen LogP contribution in [0.25, 0.3) is 0 Å². The monoisotopic (exact) mass is 347 g/mol. The van der Waals surface area contributed by atoms with Gasteiger partial charge in [-0.25, -0.2) is 13.8 Å². The molecule has 0 saturated heterocycles. The molecular weight excluding hydrogens is 341 g/mol. The molecule has 0 amide bonds. The normalized spacial score (nSPS) is 11.8. The lowest BCUT2D eigenvalue weighted by molar-refractivity contribution is -0.141. The third kappa shape index (κ3) is 3.85. The number of methoxy groups -OCH3 is 1. The lowest BCUT2D eigenvalue weighted by atomic mass is 10.1. The van der Waals surface area contributed by atoms with Crippen LogP contribution < -0.4 is 0 Å². The van der Waals surface area contributed by atoms with Crippen molar-refractivity contribution in [2.75, 3.05) is 7.11 Å². The summed E-state index contributed by atoms with van der Waals surface area (Å²) < 4.78 is 66.7. The van der Waals surface area contributed by atoms with E-state index in [1.807, 2.05) is 0 Å². The summed E-state index contributed by atoms with van der Waals surface area (Å²) in [6.07, 6.45) is -8.57. The zero-order chi connectivity index (χ0) is 14.8. The van der Waals surface area contributed by atoms with E-state index in [0.29, 0.717) is 6.07 Å². The quantitative estimate of drug-likeness (QED) is 0.477. The average Bonchev–Trinajstić information content (AvgIpc) is 2.28. The van der Waals surface area contributed by atoms with Crippen molar-refractivity contribution >= 4 is 21.9 Å². The number of carbonyl (C=O) groups is 1. The van der Waals surface area contributed by atoms with Crippen LogP contribution in [-0.2, 0) is 22.1 Å². The molecule has 0 N–H and O–H groups in total. The minimum Gasteiger partial charge on any atom is -0.469 e. The number of pyridine rings is 1. The predicted molar refractivity (Wildman–Crippen MR) is 57.6 cm³/mol. The van der Waals surface area contributed by atoms with Crippen LogP contribution in [0.5, 0.6) is 0 Å². The van der Waals surface area contributed by atoms with Crippen molar-refractivity contribution in [3.63, 3.8) is 0 Å². The fourth-order valence-corrected chi connectivity index (χ4v) is 1.83. The van der Waals surface area contributed by atoms with Crippen molar-refractivity contribution in [3.05, 3.63) is 27.5 Å².